The smallest absolute Gasteiger partial charge is 0.269 e. The minimum Gasteiger partial charge on any atom is -0.487 e. The first-order valence-corrected chi connectivity index (χ1v) is 9.97. The molecule has 1 aliphatic rings. The van der Waals surface area contributed by atoms with Crippen molar-refractivity contribution < 1.29 is 13.9 Å². The molecule has 7 nitrogen and oxygen atoms in total. The third-order valence-electron chi connectivity index (χ3n) is 5.27. The van der Waals surface area contributed by atoms with Gasteiger partial charge in [0.2, 0.25) is 0 Å². The standard InChI is InChI=1S/C22H24FN5O2/c1-5-14-8-19(28(4)27-14)22(29)25-11-15-9-17-18(23)7-6-16(21(17)30-15)20-13(3)24-10-12(2)26-20/h6-8,10,15H,5,9,11H2,1-4H3,(H,25,29). The predicted molar refractivity (Wildman–Crippen MR) is 110 cm³/mol. The Kier molecular flexibility index (Phi) is 5.24. The van der Waals surface area contributed by atoms with Crippen LogP contribution in [0.2, 0.25) is 0 Å². The van der Waals surface area contributed by atoms with E-state index in [0.717, 1.165) is 23.5 Å². The highest BCUT2D eigenvalue weighted by molar-refractivity contribution is 5.92. The van der Waals surface area contributed by atoms with Crippen LogP contribution in [0.25, 0.3) is 11.3 Å². The predicted octanol–water partition coefficient (Wildman–Crippen LogP) is 2.93. The van der Waals surface area contributed by atoms with E-state index in [1.807, 2.05) is 20.8 Å². The Hall–Kier alpha value is -3.29. The number of halogens is 1. The van der Waals surface area contributed by atoms with Gasteiger partial charge in [-0.05, 0) is 38.5 Å². The Morgan fingerprint density at radius 1 is 1.37 bits per heavy atom. The molecule has 156 valence electrons. The van der Waals surface area contributed by atoms with E-state index >= 15 is 0 Å². The summed E-state index contributed by atoms with van der Waals surface area (Å²) in [6, 6.07) is 4.88. The fraction of sp³-hybridized carbons (Fsp3) is 0.364. The van der Waals surface area contributed by atoms with Gasteiger partial charge in [-0.3, -0.25) is 14.5 Å². The van der Waals surface area contributed by atoms with E-state index in [4.69, 9.17) is 4.74 Å². The van der Waals surface area contributed by atoms with Crippen molar-refractivity contribution in [1.82, 2.24) is 25.1 Å². The highest BCUT2D eigenvalue weighted by atomic mass is 19.1. The number of carbonyl (C=O) groups is 1. The summed E-state index contributed by atoms with van der Waals surface area (Å²) in [5, 5.41) is 7.17. The number of benzene rings is 1. The maximum absolute atomic E-state index is 14.5. The summed E-state index contributed by atoms with van der Waals surface area (Å²) >= 11 is 0. The van der Waals surface area contributed by atoms with Gasteiger partial charge < -0.3 is 10.1 Å². The van der Waals surface area contributed by atoms with E-state index in [1.165, 1.54) is 6.07 Å². The van der Waals surface area contributed by atoms with Crippen molar-refractivity contribution in [2.45, 2.75) is 39.7 Å². The van der Waals surface area contributed by atoms with Gasteiger partial charge in [-0.15, -0.1) is 0 Å². The zero-order valence-corrected chi connectivity index (χ0v) is 17.5. The molecule has 1 aliphatic heterocycles. The van der Waals surface area contributed by atoms with Crippen LogP contribution < -0.4 is 10.1 Å². The first-order chi connectivity index (χ1) is 14.4. The second kappa shape index (κ2) is 7.85. The first-order valence-electron chi connectivity index (χ1n) is 9.97. The van der Waals surface area contributed by atoms with Crippen molar-refractivity contribution >= 4 is 5.91 Å². The minimum absolute atomic E-state index is 0.231. The Morgan fingerprint density at radius 3 is 2.90 bits per heavy atom. The SMILES string of the molecule is CCc1cc(C(=O)NCC2Cc3c(F)ccc(-c4nc(C)cnc4C)c3O2)n(C)n1. The zero-order chi connectivity index (χ0) is 21.4. The molecule has 0 fully saturated rings. The Bertz CT molecular complexity index is 1120. The van der Waals surface area contributed by atoms with Gasteiger partial charge in [0.05, 0.1) is 29.3 Å². The first kappa shape index (κ1) is 20.0. The fourth-order valence-corrected chi connectivity index (χ4v) is 3.67. The van der Waals surface area contributed by atoms with Crippen LogP contribution in [0.3, 0.4) is 0 Å². The molecular weight excluding hydrogens is 385 g/mol. The molecular formula is C22H24FN5O2. The van der Waals surface area contributed by atoms with Gasteiger partial charge in [0.25, 0.3) is 5.91 Å². The fourth-order valence-electron chi connectivity index (χ4n) is 3.67. The molecule has 30 heavy (non-hydrogen) atoms. The van der Waals surface area contributed by atoms with Crippen molar-refractivity contribution in [2.75, 3.05) is 6.54 Å². The molecule has 1 aromatic carbocycles. The topological polar surface area (TPSA) is 81.9 Å². The van der Waals surface area contributed by atoms with Crippen molar-refractivity contribution in [3.05, 3.63) is 58.6 Å². The molecule has 1 N–H and O–H groups in total. The molecule has 0 aliphatic carbocycles. The number of fused-ring (bicyclic) bond motifs is 1. The van der Waals surface area contributed by atoms with Crippen LogP contribution in [0, 0.1) is 19.7 Å². The summed E-state index contributed by atoms with van der Waals surface area (Å²) in [5.74, 6) is -0.0727. The summed E-state index contributed by atoms with van der Waals surface area (Å²) in [5.41, 5.74) is 4.76. The molecule has 3 heterocycles. The third kappa shape index (κ3) is 3.65. The van der Waals surface area contributed by atoms with Crippen molar-refractivity contribution in [2.24, 2.45) is 7.05 Å². The minimum atomic E-state index is -0.364. The van der Waals surface area contributed by atoms with Crippen LogP contribution in [-0.4, -0.2) is 38.3 Å². The molecule has 0 radical (unpaired) electrons. The number of hydrogen-bond donors (Lipinski definition) is 1. The van der Waals surface area contributed by atoms with E-state index in [0.29, 0.717) is 34.7 Å². The van der Waals surface area contributed by atoms with E-state index in [-0.39, 0.29) is 24.4 Å². The van der Waals surface area contributed by atoms with Gasteiger partial charge in [0, 0.05) is 30.8 Å². The van der Waals surface area contributed by atoms with Crippen molar-refractivity contribution in [3.8, 4) is 17.0 Å². The molecule has 8 heteroatoms. The molecule has 1 atom stereocenters. The van der Waals surface area contributed by atoms with Gasteiger partial charge in [-0.1, -0.05) is 6.92 Å². The Morgan fingerprint density at radius 2 is 2.17 bits per heavy atom. The molecule has 1 amide bonds. The second-order valence-electron chi connectivity index (χ2n) is 7.50. The van der Waals surface area contributed by atoms with Gasteiger partial charge in [-0.2, -0.15) is 5.10 Å². The summed E-state index contributed by atoms with van der Waals surface area (Å²) < 4.78 is 22.1. The number of aryl methyl sites for hydroxylation is 4. The number of rotatable bonds is 5. The molecule has 0 saturated carbocycles. The van der Waals surface area contributed by atoms with E-state index in [1.54, 1.807) is 30.1 Å². The van der Waals surface area contributed by atoms with Crippen molar-refractivity contribution in [1.29, 1.82) is 0 Å². The summed E-state index contributed by atoms with van der Waals surface area (Å²) in [7, 11) is 1.74. The maximum Gasteiger partial charge on any atom is 0.269 e. The van der Waals surface area contributed by atoms with E-state index < -0.39 is 0 Å². The van der Waals surface area contributed by atoms with Crippen molar-refractivity contribution in [3.63, 3.8) is 0 Å². The molecule has 4 rings (SSSR count). The normalized spacial score (nSPS) is 15.0. The largest absolute Gasteiger partial charge is 0.487 e. The Labute approximate surface area is 174 Å². The summed E-state index contributed by atoms with van der Waals surface area (Å²) in [4.78, 5) is 21.5. The number of nitrogens with zero attached hydrogens (tertiary/aromatic N) is 4. The van der Waals surface area contributed by atoms with Gasteiger partial charge in [0.1, 0.15) is 23.4 Å². The summed E-state index contributed by atoms with van der Waals surface area (Å²) in [6.07, 6.45) is 2.46. The van der Waals surface area contributed by atoms with Crippen LogP contribution in [-0.2, 0) is 19.9 Å². The number of amides is 1. The molecule has 0 spiro atoms. The highest BCUT2D eigenvalue weighted by Crippen LogP contribution is 2.40. The lowest BCUT2D eigenvalue weighted by Crippen LogP contribution is -2.35. The summed E-state index contributed by atoms with van der Waals surface area (Å²) in [6.45, 7) is 5.97. The third-order valence-corrected chi connectivity index (χ3v) is 5.27. The number of ether oxygens (including phenoxy) is 1. The van der Waals surface area contributed by atoms with Gasteiger partial charge in [-0.25, -0.2) is 9.37 Å². The molecule has 2 aromatic heterocycles. The van der Waals surface area contributed by atoms with Crippen LogP contribution in [0.5, 0.6) is 5.75 Å². The monoisotopic (exact) mass is 409 g/mol. The quantitative estimate of drug-likeness (QED) is 0.701. The van der Waals surface area contributed by atoms with Crippen LogP contribution in [0.15, 0.2) is 24.4 Å². The Balaban J connectivity index is 1.53. The van der Waals surface area contributed by atoms with E-state index in [9.17, 15) is 9.18 Å². The maximum atomic E-state index is 14.5. The highest BCUT2D eigenvalue weighted by Gasteiger charge is 2.30. The van der Waals surface area contributed by atoms with Gasteiger partial charge >= 0.3 is 0 Å². The lowest BCUT2D eigenvalue weighted by atomic mass is 10.0. The average molecular weight is 409 g/mol. The number of hydrogen-bond acceptors (Lipinski definition) is 5. The molecule has 0 bridgehead atoms. The van der Waals surface area contributed by atoms with Crippen LogP contribution in [0.1, 0.15) is 40.1 Å². The molecule has 0 saturated heterocycles. The average Bonchev–Trinajstić information content (AvgIpc) is 3.32. The zero-order valence-electron chi connectivity index (χ0n) is 17.5. The van der Waals surface area contributed by atoms with Crippen LogP contribution >= 0.6 is 0 Å². The lowest BCUT2D eigenvalue weighted by molar-refractivity contribution is 0.0924. The van der Waals surface area contributed by atoms with E-state index in [2.05, 4.69) is 20.4 Å². The second-order valence-corrected chi connectivity index (χ2v) is 7.50. The molecule has 3 aromatic rings. The number of nitrogens with one attached hydrogen (secondary N) is 1. The van der Waals surface area contributed by atoms with Crippen LogP contribution in [0.4, 0.5) is 4.39 Å². The number of carbonyl (C=O) groups excluding carboxylic acids is 1. The van der Waals surface area contributed by atoms with Gasteiger partial charge in [0.15, 0.2) is 0 Å². The lowest BCUT2D eigenvalue weighted by Gasteiger charge is -2.14. The molecule has 1 unspecified atom stereocenters. The number of aromatic nitrogens is 4.